The SMILES string of the molecule is CC(=O)NC1(Sc2ccccc2)CCCCC1. The van der Waals surface area contributed by atoms with Crippen molar-refractivity contribution in [2.45, 2.75) is 48.8 Å². The van der Waals surface area contributed by atoms with Crippen LogP contribution in [0.15, 0.2) is 35.2 Å². The number of carbonyl (C=O) groups is 1. The van der Waals surface area contributed by atoms with Crippen molar-refractivity contribution in [2.75, 3.05) is 0 Å². The van der Waals surface area contributed by atoms with Crippen molar-refractivity contribution >= 4 is 17.7 Å². The van der Waals surface area contributed by atoms with Crippen LogP contribution in [-0.2, 0) is 4.79 Å². The van der Waals surface area contributed by atoms with Gasteiger partial charge in [0.05, 0.1) is 4.87 Å². The van der Waals surface area contributed by atoms with Crippen LogP contribution >= 0.6 is 11.8 Å². The summed E-state index contributed by atoms with van der Waals surface area (Å²) in [6, 6.07) is 10.3. The van der Waals surface area contributed by atoms with Crippen LogP contribution < -0.4 is 5.32 Å². The van der Waals surface area contributed by atoms with Gasteiger partial charge in [0.15, 0.2) is 0 Å². The number of carbonyl (C=O) groups excluding carboxylic acids is 1. The van der Waals surface area contributed by atoms with E-state index in [0.717, 1.165) is 12.8 Å². The minimum atomic E-state index is -0.0779. The number of benzene rings is 1. The summed E-state index contributed by atoms with van der Waals surface area (Å²) in [7, 11) is 0. The van der Waals surface area contributed by atoms with E-state index in [1.165, 1.54) is 24.2 Å². The normalized spacial score (nSPS) is 18.6. The highest BCUT2D eigenvalue weighted by Gasteiger charge is 2.33. The van der Waals surface area contributed by atoms with Gasteiger partial charge in [-0.3, -0.25) is 4.79 Å². The van der Waals surface area contributed by atoms with Crippen LogP contribution in [0.5, 0.6) is 0 Å². The second kappa shape index (κ2) is 5.58. The van der Waals surface area contributed by atoms with Crippen molar-refractivity contribution < 1.29 is 4.79 Å². The molecule has 1 N–H and O–H groups in total. The van der Waals surface area contributed by atoms with Gasteiger partial charge in [-0.05, 0) is 25.0 Å². The van der Waals surface area contributed by atoms with Crippen LogP contribution in [0.25, 0.3) is 0 Å². The Morgan fingerprint density at radius 1 is 1.18 bits per heavy atom. The fourth-order valence-corrected chi connectivity index (χ4v) is 3.84. The fraction of sp³-hybridized carbons (Fsp3) is 0.500. The summed E-state index contributed by atoms with van der Waals surface area (Å²) in [5.41, 5.74) is 0. The topological polar surface area (TPSA) is 29.1 Å². The second-order valence-electron chi connectivity index (χ2n) is 4.65. The predicted molar refractivity (Wildman–Crippen MR) is 71.9 cm³/mol. The Hall–Kier alpha value is -0.960. The monoisotopic (exact) mass is 249 g/mol. The Morgan fingerprint density at radius 3 is 2.41 bits per heavy atom. The fourth-order valence-electron chi connectivity index (χ4n) is 2.41. The molecule has 0 atom stereocenters. The summed E-state index contributed by atoms with van der Waals surface area (Å²) in [5.74, 6) is 0.0790. The quantitative estimate of drug-likeness (QED) is 0.830. The zero-order chi connectivity index (χ0) is 12.1. The Labute approximate surface area is 107 Å². The van der Waals surface area contributed by atoms with Crippen LogP contribution in [0.1, 0.15) is 39.0 Å². The van der Waals surface area contributed by atoms with Gasteiger partial charge in [0.2, 0.25) is 5.91 Å². The number of hydrogen-bond acceptors (Lipinski definition) is 2. The third-order valence-corrected chi connectivity index (χ3v) is 4.53. The van der Waals surface area contributed by atoms with E-state index in [-0.39, 0.29) is 10.8 Å². The number of amides is 1. The van der Waals surface area contributed by atoms with Crippen LogP contribution in [0, 0.1) is 0 Å². The molecule has 1 fully saturated rings. The molecule has 0 spiro atoms. The van der Waals surface area contributed by atoms with Gasteiger partial charge in [0.1, 0.15) is 0 Å². The summed E-state index contributed by atoms with van der Waals surface area (Å²) >= 11 is 1.81. The summed E-state index contributed by atoms with van der Waals surface area (Å²) in [6.45, 7) is 1.61. The molecule has 0 saturated heterocycles. The van der Waals surface area contributed by atoms with Crippen molar-refractivity contribution in [2.24, 2.45) is 0 Å². The maximum absolute atomic E-state index is 11.4. The molecule has 1 aliphatic carbocycles. The van der Waals surface area contributed by atoms with Gasteiger partial charge in [-0.15, -0.1) is 0 Å². The van der Waals surface area contributed by atoms with Crippen molar-refractivity contribution in [3.05, 3.63) is 30.3 Å². The molecular formula is C14H19NOS. The number of nitrogens with one attached hydrogen (secondary N) is 1. The Kier molecular flexibility index (Phi) is 4.11. The molecule has 0 heterocycles. The molecular weight excluding hydrogens is 230 g/mol. The van der Waals surface area contributed by atoms with Crippen LogP contribution in [0.4, 0.5) is 0 Å². The lowest BCUT2D eigenvalue weighted by Gasteiger charge is -2.37. The van der Waals surface area contributed by atoms with E-state index >= 15 is 0 Å². The molecule has 0 radical (unpaired) electrons. The number of thioether (sulfide) groups is 1. The predicted octanol–water partition coefficient (Wildman–Crippen LogP) is 3.58. The van der Waals surface area contributed by atoms with E-state index < -0.39 is 0 Å². The molecule has 1 amide bonds. The van der Waals surface area contributed by atoms with Crippen LogP contribution in [0.3, 0.4) is 0 Å². The molecule has 92 valence electrons. The highest BCUT2D eigenvalue weighted by atomic mass is 32.2. The Bertz CT molecular complexity index is 371. The van der Waals surface area contributed by atoms with Crippen molar-refractivity contribution in [3.63, 3.8) is 0 Å². The van der Waals surface area contributed by atoms with E-state index in [0.29, 0.717) is 0 Å². The molecule has 1 saturated carbocycles. The van der Waals surface area contributed by atoms with Gasteiger partial charge in [-0.1, -0.05) is 49.2 Å². The third-order valence-electron chi connectivity index (χ3n) is 3.12. The molecule has 2 rings (SSSR count). The van der Waals surface area contributed by atoms with E-state index in [2.05, 4.69) is 17.4 Å². The maximum atomic E-state index is 11.4. The lowest BCUT2D eigenvalue weighted by molar-refractivity contribution is -0.120. The molecule has 0 aliphatic heterocycles. The highest BCUT2D eigenvalue weighted by Crippen LogP contribution is 2.41. The molecule has 1 aliphatic rings. The van der Waals surface area contributed by atoms with Crippen molar-refractivity contribution in [1.82, 2.24) is 5.32 Å². The van der Waals surface area contributed by atoms with Gasteiger partial charge >= 0.3 is 0 Å². The van der Waals surface area contributed by atoms with Gasteiger partial charge in [-0.2, -0.15) is 0 Å². The zero-order valence-electron chi connectivity index (χ0n) is 10.2. The van der Waals surface area contributed by atoms with Gasteiger partial charge in [-0.25, -0.2) is 0 Å². The van der Waals surface area contributed by atoms with Gasteiger partial charge < -0.3 is 5.32 Å². The minimum Gasteiger partial charge on any atom is -0.342 e. The number of rotatable bonds is 3. The zero-order valence-corrected chi connectivity index (χ0v) is 11.1. The first-order valence-corrected chi connectivity index (χ1v) is 7.05. The standard InChI is InChI=1S/C14H19NOS/c1-12(16)15-14(10-6-3-7-11-14)17-13-8-4-2-5-9-13/h2,4-5,8-9H,3,6-7,10-11H2,1H3,(H,15,16). The number of hydrogen-bond donors (Lipinski definition) is 1. The lowest BCUT2D eigenvalue weighted by atomic mass is 9.94. The lowest BCUT2D eigenvalue weighted by Crippen LogP contribution is -2.46. The maximum Gasteiger partial charge on any atom is 0.217 e. The van der Waals surface area contributed by atoms with Gasteiger partial charge in [0.25, 0.3) is 0 Å². The highest BCUT2D eigenvalue weighted by molar-refractivity contribution is 8.00. The molecule has 3 heteroatoms. The first-order chi connectivity index (χ1) is 8.20. The average Bonchev–Trinajstić information content (AvgIpc) is 2.30. The third kappa shape index (κ3) is 3.50. The summed E-state index contributed by atoms with van der Waals surface area (Å²) in [5, 5.41) is 3.17. The summed E-state index contributed by atoms with van der Waals surface area (Å²) in [6.07, 6.45) is 5.86. The average molecular weight is 249 g/mol. The second-order valence-corrected chi connectivity index (χ2v) is 6.11. The minimum absolute atomic E-state index is 0.0779. The Morgan fingerprint density at radius 2 is 1.82 bits per heavy atom. The smallest absolute Gasteiger partial charge is 0.217 e. The molecule has 0 unspecified atom stereocenters. The molecule has 1 aromatic rings. The molecule has 0 aromatic heterocycles. The van der Waals surface area contributed by atoms with E-state index in [1.54, 1.807) is 6.92 Å². The molecule has 1 aromatic carbocycles. The van der Waals surface area contributed by atoms with E-state index in [1.807, 2.05) is 30.0 Å². The molecule has 0 bridgehead atoms. The largest absolute Gasteiger partial charge is 0.342 e. The first kappa shape index (κ1) is 12.5. The van der Waals surface area contributed by atoms with E-state index in [4.69, 9.17) is 0 Å². The van der Waals surface area contributed by atoms with Crippen LogP contribution in [-0.4, -0.2) is 10.8 Å². The first-order valence-electron chi connectivity index (χ1n) is 6.23. The summed E-state index contributed by atoms with van der Waals surface area (Å²) < 4.78 is 0. The Balaban J connectivity index is 2.12. The molecule has 17 heavy (non-hydrogen) atoms. The van der Waals surface area contributed by atoms with E-state index in [9.17, 15) is 4.79 Å². The van der Waals surface area contributed by atoms with Crippen molar-refractivity contribution in [1.29, 1.82) is 0 Å². The van der Waals surface area contributed by atoms with Crippen LogP contribution in [0.2, 0.25) is 0 Å². The summed E-state index contributed by atoms with van der Waals surface area (Å²) in [4.78, 5) is 12.5. The molecule has 2 nitrogen and oxygen atoms in total. The van der Waals surface area contributed by atoms with Gasteiger partial charge in [0, 0.05) is 11.8 Å². The van der Waals surface area contributed by atoms with Crippen molar-refractivity contribution in [3.8, 4) is 0 Å².